The van der Waals surface area contributed by atoms with E-state index in [1.807, 2.05) is 6.07 Å². The second-order valence-electron chi connectivity index (χ2n) is 5.49. The smallest absolute Gasteiger partial charge is 0.278 e. The molecule has 3 aromatic heterocycles. The number of nitrogens with zero attached hydrogens (tertiary/aromatic N) is 4. The molecule has 0 bridgehead atoms. The molecule has 10 heteroatoms. The van der Waals surface area contributed by atoms with Gasteiger partial charge in [-0.3, -0.25) is 15.1 Å². The molecule has 0 aliphatic carbocycles. The third kappa shape index (κ3) is 4.07. The predicted molar refractivity (Wildman–Crippen MR) is 109 cm³/mol. The summed E-state index contributed by atoms with van der Waals surface area (Å²) in [6.45, 7) is 0.798. The maximum Gasteiger partial charge on any atom is 0.278 e. The Hall–Kier alpha value is -2.56. The van der Waals surface area contributed by atoms with Crippen molar-refractivity contribution >= 4 is 56.0 Å². The number of aromatic nitrogens is 3. The predicted octanol–water partition coefficient (Wildman–Crippen LogP) is 4.86. The Labute approximate surface area is 166 Å². The minimum Gasteiger partial charge on any atom is -0.360 e. The van der Waals surface area contributed by atoms with E-state index in [1.54, 1.807) is 29.7 Å². The first-order chi connectivity index (χ1) is 13.2. The number of anilines is 1. The first-order valence-electron chi connectivity index (χ1n) is 7.99. The van der Waals surface area contributed by atoms with Crippen LogP contribution >= 0.6 is 34.4 Å². The van der Waals surface area contributed by atoms with E-state index < -0.39 is 0 Å². The summed E-state index contributed by atoms with van der Waals surface area (Å²) >= 11 is 4.65. The van der Waals surface area contributed by atoms with Crippen LogP contribution in [0.5, 0.6) is 0 Å². The molecular weight excluding hydrogens is 402 g/mol. The lowest BCUT2D eigenvalue weighted by atomic mass is 10.1. The lowest BCUT2D eigenvalue weighted by molar-refractivity contribution is -0.383. The van der Waals surface area contributed by atoms with E-state index in [4.69, 9.17) is 0 Å². The Morgan fingerprint density at radius 3 is 2.93 bits per heavy atom. The molecule has 4 rings (SSSR count). The highest BCUT2D eigenvalue weighted by atomic mass is 32.2. The molecule has 0 saturated heterocycles. The van der Waals surface area contributed by atoms with Gasteiger partial charge in [0.05, 0.1) is 10.3 Å². The normalized spacial score (nSPS) is 11.0. The molecule has 0 aliphatic heterocycles. The molecule has 0 saturated carbocycles. The summed E-state index contributed by atoms with van der Waals surface area (Å²) in [6, 6.07) is 9.20. The van der Waals surface area contributed by atoms with Crippen molar-refractivity contribution < 1.29 is 4.92 Å². The van der Waals surface area contributed by atoms with Gasteiger partial charge in [-0.15, -0.1) is 21.5 Å². The van der Waals surface area contributed by atoms with Crippen LogP contribution in [0.15, 0.2) is 57.3 Å². The molecule has 0 spiro atoms. The fourth-order valence-electron chi connectivity index (χ4n) is 2.56. The van der Waals surface area contributed by atoms with E-state index >= 15 is 0 Å². The maximum atomic E-state index is 11.2. The Morgan fingerprint density at radius 1 is 1.19 bits per heavy atom. The fourth-order valence-corrected chi connectivity index (χ4v) is 5.14. The van der Waals surface area contributed by atoms with E-state index in [0.717, 1.165) is 32.7 Å². The molecule has 0 radical (unpaired) electrons. The average Bonchev–Trinajstić information content (AvgIpc) is 3.34. The number of hydrogen-bond acceptors (Lipinski definition) is 9. The summed E-state index contributed by atoms with van der Waals surface area (Å²) in [5.41, 5.74) is 0.0515. The van der Waals surface area contributed by atoms with Crippen LogP contribution in [-0.2, 0) is 6.42 Å². The van der Waals surface area contributed by atoms with E-state index in [1.165, 1.54) is 40.2 Å². The van der Waals surface area contributed by atoms with Crippen molar-refractivity contribution in [3.05, 3.63) is 63.1 Å². The lowest BCUT2D eigenvalue weighted by Crippen LogP contribution is -2.03. The number of nitro benzene ring substituents is 1. The van der Waals surface area contributed by atoms with Crippen molar-refractivity contribution in [1.29, 1.82) is 0 Å². The first kappa shape index (κ1) is 17.8. The molecule has 3 heterocycles. The highest BCUT2D eigenvalue weighted by Gasteiger charge is 2.16. The first-order valence-corrected chi connectivity index (χ1v) is 10.5. The summed E-state index contributed by atoms with van der Waals surface area (Å²) in [5, 5.41) is 27.0. The Bertz CT molecular complexity index is 1080. The lowest BCUT2D eigenvalue weighted by Gasteiger charge is -2.04. The van der Waals surface area contributed by atoms with Gasteiger partial charge in [-0.25, -0.2) is 0 Å². The van der Waals surface area contributed by atoms with Crippen LogP contribution in [0, 0.1) is 10.1 Å². The van der Waals surface area contributed by atoms with Gasteiger partial charge in [0.2, 0.25) is 5.13 Å². The van der Waals surface area contributed by atoms with Gasteiger partial charge < -0.3 is 5.32 Å². The van der Waals surface area contributed by atoms with Gasteiger partial charge in [-0.05, 0) is 30.0 Å². The number of fused-ring (bicyclic) bond motifs is 1. The molecule has 27 heavy (non-hydrogen) atoms. The van der Waals surface area contributed by atoms with Crippen LogP contribution in [0.2, 0.25) is 0 Å². The molecule has 0 amide bonds. The SMILES string of the molecule is O=[N+]([O-])c1ccc(Sc2nnc(NCCc3cccs3)s2)c2ccncc12. The maximum absolute atomic E-state index is 11.2. The van der Waals surface area contributed by atoms with Crippen molar-refractivity contribution in [2.75, 3.05) is 11.9 Å². The molecule has 1 N–H and O–H groups in total. The number of hydrogen-bond donors (Lipinski definition) is 1. The molecule has 0 unspecified atom stereocenters. The standard InChI is InChI=1S/C17H13N5O2S3/c23-22(24)14-3-4-15(12-6-7-18-10-13(12)14)26-17-21-20-16(27-17)19-8-5-11-2-1-9-25-11/h1-4,6-7,9-10H,5,8H2,(H,19,20). The molecule has 0 fully saturated rings. The average molecular weight is 416 g/mol. The second kappa shape index (κ2) is 7.99. The topological polar surface area (TPSA) is 93.8 Å². The van der Waals surface area contributed by atoms with Gasteiger partial charge in [-0.1, -0.05) is 29.2 Å². The quantitative estimate of drug-likeness (QED) is 0.340. The van der Waals surface area contributed by atoms with Crippen LogP contribution in [0.25, 0.3) is 10.8 Å². The molecule has 0 aliphatic rings. The fraction of sp³-hybridized carbons (Fsp3) is 0.118. The largest absolute Gasteiger partial charge is 0.360 e. The van der Waals surface area contributed by atoms with Crippen molar-refractivity contribution in [3.63, 3.8) is 0 Å². The number of non-ortho nitro benzene ring substituents is 1. The molecule has 136 valence electrons. The Kier molecular flexibility index (Phi) is 5.28. The number of nitro groups is 1. The number of rotatable bonds is 7. The molecule has 4 aromatic rings. The van der Waals surface area contributed by atoms with Crippen LogP contribution in [0.3, 0.4) is 0 Å². The number of thiophene rings is 1. The van der Waals surface area contributed by atoms with Gasteiger partial charge in [0.25, 0.3) is 5.69 Å². The summed E-state index contributed by atoms with van der Waals surface area (Å²) in [7, 11) is 0. The monoisotopic (exact) mass is 415 g/mol. The Morgan fingerprint density at radius 2 is 2.11 bits per heavy atom. The van der Waals surface area contributed by atoms with Gasteiger partial charge in [0, 0.05) is 40.2 Å². The number of nitrogens with one attached hydrogen (secondary N) is 1. The van der Waals surface area contributed by atoms with Crippen LogP contribution in [-0.4, -0.2) is 26.6 Å². The van der Waals surface area contributed by atoms with Crippen molar-refractivity contribution in [2.24, 2.45) is 0 Å². The van der Waals surface area contributed by atoms with E-state index in [-0.39, 0.29) is 10.6 Å². The van der Waals surface area contributed by atoms with Crippen LogP contribution < -0.4 is 5.32 Å². The van der Waals surface area contributed by atoms with Crippen LogP contribution in [0.4, 0.5) is 10.8 Å². The van der Waals surface area contributed by atoms with E-state index in [2.05, 4.69) is 31.9 Å². The molecule has 1 aromatic carbocycles. The third-order valence-electron chi connectivity index (χ3n) is 3.78. The van der Waals surface area contributed by atoms with Crippen molar-refractivity contribution in [2.45, 2.75) is 15.7 Å². The highest BCUT2D eigenvalue weighted by Crippen LogP contribution is 2.38. The van der Waals surface area contributed by atoms with Gasteiger partial charge in [0.15, 0.2) is 4.34 Å². The van der Waals surface area contributed by atoms with E-state index in [9.17, 15) is 10.1 Å². The van der Waals surface area contributed by atoms with Gasteiger partial charge in [-0.2, -0.15) is 0 Å². The zero-order valence-electron chi connectivity index (χ0n) is 13.9. The minimum atomic E-state index is -0.390. The van der Waals surface area contributed by atoms with Gasteiger partial charge in [0.1, 0.15) is 0 Å². The highest BCUT2D eigenvalue weighted by molar-refractivity contribution is 8.01. The van der Waals surface area contributed by atoms with E-state index in [0.29, 0.717) is 5.39 Å². The molecular formula is C17H13N5O2S3. The third-order valence-corrected chi connectivity index (χ3v) is 6.73. The Balaban J connectivity index is 1.49. The van der Waals surface area contributed by atoms with Crippen molar-refractivity contribution in [1.82, 2.24) is 15.2 Å². The minimum absolute atomic E-state index is 0.0515. The molecule has 0 atom stereocenters. The number of pyridine rings is 1. The summed E-state index contributed by atoms with van der Waals surface area (Å²) in [6.07, 6.45) is 4.10. The van der Waals surface area contributed by atoms with Gasteiger partial charge >= 0.3 is 0 Å². The molecule has 7 nitrogen and oxygen atoms in total. The van der Waals surface area contributed by atoms with Crippen molar-refractivity contribution in [3.8, 4) is 0 Å². The zero-order valence-corrected chi connectivity index (χ0v) is 16.3. The zero-order chi connectivity index (χ0) is 18.6. The second-order valence-corrected chi connectivity index (χ2v) is 8.79. The summed E-state index contributed by atoms with van der Waals surface area (Å²) in [5.74, 6) is 0. The van der Waals surface area contributed by atoms with Crippen LogP contribution in [0.1, 0.15) is 4.88 Å². The summed E-state index contributed by atoms with van der Waals surface area (Å²) in [4.78, 5) is 17.1. The number of benzene rings is 1. The summed E-state index contributed by atoms with van der Waals surface area (Å²) < 4.78 is 0.778.